The molecule has 1 N–H and O–H groups in total. The standard InChI is InChI=1S/C8H4BrF6NO2/c9-2-3-1-4(18-8(13,14)15)5(17)6(16-3)7(10,11)12/h1,17H,2H2. The Bertz CT molecular complexity index is 444. The minimum atomic E-state index is -5.22. The molecule has 0 aliphatic rings. The molecule has 0 unspecified atom stereocenters. The molecule has 0 saturated heterocycles. The molecule has 1 rings (SSSR count). The van der Waals surface area contributed by atoms with Crippen molar-refractivity contribution in [3.8, 4) is 11.5 Å². The smallest absolute Gasteiger partial charge is 0.503 e. The molecule has 0 spiro atoms. The van der Waals surface area contributed by atoms with E-state index in [1.165, 1.54) is 0 Å². The number of hydrogen-bond donors (Lipinski definition) is 1. The molecule has 0 atom stereocenters. The topological polar surface area (TPSA) is 42.4 Å². The minimum Gasteiger partial charge on any atom is -0.503 e. The van der Waals surface area contributed by atoms with Crippen LogP contribution in [-0.2, 0) is 11.5 Å². The zero-order valence-corrected chi connectivity index (χ0v) is 9.82. The van der Waals surface area contributed by atoms with Crippen LogP contribution in [0.1, 0.15) is 11.4 Å². The lowest BCUT2D eigenvalue weighted by Gasteiger charge is -2.15. The van der Waals surface area contributed by atoms with Crippen LogP contribution in [-0.4, -0.2) is 16.5 Å². The van der Waals surface area contributed by atoms with Crippen LogP contribution in [0, 0.1) is 0 Å². The SMILES string of the molecule is Oc1c(OC(F)(F)F)cc(CBr)nc1C(F)(F)F. The summed E-state index contributed by atoms with van der Waals surface area (Å²) >= 11 is 2.75. The van der Waals surface area contributed by atoms with E-state index < -0.39 is 29.7 Å². The van der Waals surface area contributed by atoms with Crippen molar-refractivity contribution in [3.05, 3.63) is 17.5 Å². The lowest BCUT2D eigenvalue weighted by molar-refractivity contribution is -0.275. The molecule has 0 aliphatic heterocycles. The first-order valence-electron chi connectivity index (χ1n) is 4.16. The fourth-order valence-corrected chi connectivity index (χ4v) is 1.32. The minimum absolute atomic E-state index is 0.232. The first kappa shape index (κ1) is 14.9. The van der Waals surface area contributed by atoms with Gasteiger partial charge in [-0.15, -0.1) is 13.2 Å². The van der Waals surface area contributed by atoms with E-state index in [4.69, 9.17) is 5.11 Å². The number of hydrogen-bond acceptors (Lipinski definition) is 3. The van der Waals surface area contributed by atoms with E-state index in [2.05, 4.69) is 25.7 Å². The number of nitrogens with zero attached hydrogens (tertiary/aromatic N) is 1. The van der Waals surface area contributed by atoms with Crippen molar-refractivity contribution in [1.82, 2.24) is 4.98 Å². The highest BCUT2D eigenvalue weighted by molar-refractivity contribution is 9.08. The van der Waals surface area contributed by atoms with Crippen LogP contribution in [0.2, 0.25) is 0 Å². The third-order valence-corrected chi connectivity index (χ3v) is 2.22. The molecule has 0 saturated carbocycles. The summed E-state index contributed by atoms with van der Waals surface area (Å²) in [7, 11) is 0. The Morgan fingerprint density at radius 1 is 1.22 bits per heavy atom. The molecule has 10 heteroatoms. The van der Waals surface area contributed by atoms with Gasteiger partial charge in [0.2, 0.25) is 0 Å². The first-order chi connectivity index (χ1) is 8.04. The quantitative estimate of drug-likeness (QED) is 0.661. The summed E-state index contributed by atoms with van der Waals surface area (Å²) in [5, 5.41) is 8.85. The second kappa shape index (κ2) is 4.82. The highest BCUT2D eigenvalue weighted by atomic mass is 79.9. The maximum Gasteiger partial charge on any atom is 0.573 e. The number of ether oxygens (including phenoxy) is 1. The van der Waals surface area contributed by atoms with Crippen LogP contribution in [0.25, 0.3) is 0 Å². The molecule has 3 nitrogen and oxygen atoms in total. The summed E-state index contributed by atoms with van der Waals surface area (Å²) < 4.78 is 76.3. The van der Waals surface area contributed by atoms with E-state index in [-0.39, 0.29) is 11.0 Å². The molecule has 0 fully saturated rings. The maximum absolute atomic E-state index is 12.4. The second-order valence-corrected chi connectivity index (χ2v) is 3.55. The van der Waals surface area contributed by atoms with Crippen LogP contribution in [0.3, 0.4) is 0 Å². The van der Waals surface area contributed by atoms with Crippen molar-refractivity contribution >= 4 is 15.9 Å². The van der Waals surface area contributed by atoms with Gasteiger partial charge in [-0.2, -0.15) is 13.2 Å². The van der Waals surface area contributed by atoms with Gasteiger partial charge in [0.05, 0.1) is 5.69 Å². The lowest BCUT2D eigenvalue weighted by Crippen LogP contribution is -2.19. The zero-order valence-electron chi connectivity index (χ0n) is 8.23. The van der Waals surface area contributed by atoms with E-state index in [0.717, 1.165) is 0 Å². The summed E-state index contributed by atoms with van der Waals surface area (Å²) in [4.78, 5) is 2.98. The molecular formula is C8H4BrF6NO2. The fraction of sp³-hybridized carbons (Fsp3) is 0.375. The predicted molar refractivity (Wildman–Crippen MR) is 50.2 cm³/mol. The lowest BCUT2D eigenvalue weighted by atomic mass is 10.2. The molecule has 0 aromatic carbocycles. The van der Waals surface area contributed by atoms with E-state index >= 15 is 0 Å². The van der Waals surface area contributed by atoms with Gasteiger partial charge < -0.3 is 9.84 Å². The van der Waals surface area contributed by atoms with Gasteiger partial charge in [-0.25, -0.2) is 4.98 Å². The van der Waals surface area contributed by atoms with E-state index in [9.17, 15) is 26.3 Å². The van der Waals surface area contributed by atoms with Crippen LogP contribution in [0.5, 0.6) is 11.5 Å². The molecule has 1 heterocycles. The van der Waals surface area contributed by atoms with E-state index in [0.29, 0.717) is 6.07 Å². The van der Waals surface area contributed by atoms with Gasteiger partial charge in [-0.1, -0.05) is 15.9 Å². The molecule has 102 valence electrons. The van der Waals surface area contributed by atoms with Gasteiger partial charge in [0.15, 0.2) is 17.2 Å². The van der Waals surface area contributed by atoms with Crippen LogP contribution < -0.4 is 4.74 Å². The van der Waals surface area contributed by atoms with Crippen molar-refractivity contribution in [1.29, 1.82) is 0 Å². The Kier molecular flexibility index (Phi) is 3.99. The third-order valence-electron chi connectivity index (χ3n) is 1.64. The molecule has 1 aromatic heterocycles. The zero-order chi connectivity index (χ0) is 14.1. The van der Waals surface area contributed by atoms with Gasteiger partial charge in [0.1, 0.15) is 0 Å². The Labute approximate surface area is 105 Å². The van der Waals surface area contributed by atoms with E-state index in [1.54, 1.807) is 0 Å². The van der Waals surface area contributed by atoms with Gasteiger partial charge in [0.25, 0.3) is 0 Å². The average molecular weight is 340 g/mol. The Morgan fingerprint density at radius 2 is 1.78 bits per heavy atom. The Hall–Kier alpha value is -1.19. The van der Waals surface area contributed by atoms with Gasteiger partial charge in [0, 0.05) is 11.4 Å². The molecule has 0 radical (unpaired) electrons. The molecular weight excluding hydrogens is 336 g/mol. The van der Waals surface area contributed by atoms with Crippen molar-refractivity contribution in [2.45, 2.75) is 17.9 Å². The molecule has 0 amide bonds. The summed E-state index contributed by atoms with van der Waals surface area (Å²) in [6, 6.07) is 0.562. The van der Waals surface area contributed by atoms with Crippen molar-refractivity contribution < 1.29 is 36.2 Å². The Morgan fingerprint density at radius 3 is 2.17 bits per heavy atom. The van der Waals surface area contributed by atoms with Crippen molar-refractivity contribution in [2.75, 3.05) is 0 Å². The van der Waals surface area contributed by atoms with Crippen LogP contribution in [0.15, 0.2) is 6.07 Å². The Balaban J connectivity index is 3.34. The molecule has 1 aromatic rings. The fourth-order valence-electron chi connectivity index (χ4n) is 1.03. The van der Waals surface area contributed by atoms with Crippen LogP contribution in [0.4, 0.5) is 26.3 Å². The summed E-state index contributed by atoms with van der Waals surface area (Å²) in [6.07, 6.45) is -10.3. The normalized spacial score (nSPS) is 12.6. The number of alkyl halides is 7. The molecule has 0 bridgehead atoms. The number of halogens is 7. The average Bonchev–Trinajstić information content (AvgIpc) is 2.17. The monoisotopic (exact) mass is 339 g/mol. The highest BCUT2D eigenvalue weighted by Gasteiger charge is 2.40. The van der Waals surface area contributed by atoms with Crippen LogP contribution >= 0.6 is 15.9 Å². The largest absolute Gasteiger partial charge is 0.573 e. The predicted octanol–water partition coefficient (Wildman–Crippen LogP) is 3.60. The summed E-state index contributed by atoms with van der Waals surface area (Å²) in [5.41, 5.74) is -2.20. The maximum atomic E-state index is 12.4. The summed E-state index contributed by atoms with van der Waals surface area (Å²) in [6.45, 7) is 0. The summed E-state index contributed by atoms with van der Waals surface area (Å²) in [5.74, 6) is -3.05. The molecule has 18 heavy (non-hydrogen) atoms. The molecule has 0 aliphatic carbocycles. The van der Waals surface area contributed by atoms with E-state index in [1.807, 2.05) is 0 Å². The van der Waals surface area contributed by atoms with Crippen molar-refractivity contribution in [2.24, 2.45) is 0 Å². The van der Waals surface area contributed by atoms with Gasteiger partial charge >= 0.3 is 12.5 Å². The third kappa shape index (κ3) is 3.65. The van der Waals surface area contributed by atoms with Gasteiger partial charge in [-0.05, 0) is 0 Å². The number of rotatable bonds is 2. The first-order valence-corrected chi connectivity index (χ1v) is 5.28. The number of pyridine rings is 1. The highest BCUT2D eigenvalue weighted by Crippen LogP contribution is 2.41. The van der Waals surface area contributed by atoms with Gasteiger partial charge in [-0.3, -0.25) is 0 Å². The second-order valence-electron chi connectivity index (χ2n) is 2.99. The number of aromatic nitrogens is 1. The van der Waals surface area contributed by atoms with Crippen molar-refractivity contribution in [3.63, 3.8) is 0 Å². The number of aromatic hydroxyl groups is 1.